The number of hydrogen-bond donors (Lipinski definition) is 2. The van der Waals surface area contributed by atoms with Crippen LogP contribution in [0.15, 0.2) is 34.6 Å². The maximum Gasteiger partial charge on any atom is 0.195 e. The Morgan fingerprint density at radius 1 is 1.25 bits per heavy atom. The highest BCUT2D eigenvalue weighted by atomic mass is 127. The molecular weight excluding hydrogens is 487 g/mol. The van der Waals surface area contributed by atoms with Crippen molar-refractivity contribution in [2.45, 2.75) is 33.1 Å². The lowest BCUT2D eigenvalue weighted by Gasteiger charge is -2.13. The molecule has 1 aromatic carbocycles. The zero-order chi connectivity index (χ0) is 19.3. The van der Waals surface area contributed by atoms with E-state index in [1.54, 1.807) is 18.4 Å². The number of ether oxygens (including phenoxy) is 2. The average molecular weight is 518 g/mol. The first-order chi connectivity index (χ1) is 13.2. The van der Waals surface area contributed by atoms with Gasteiger partial charge in [-0.15, -0.1) is 35.3 Å². The molecule has 156 valence electrons. The fraction of sp³-hybridized carbons (Fsp3) is 0.500. The van der Waals surface area contributed by atoms with Crippen LogP contribution < -0.4 is 15.4 Å². The van der Waals surface area contributed by atoms with Crippen molar-refractivity contribution in [3.63, 3.8) is 0 Å². The molecule has 0 saturated heterocycles. The smallest absolute Gasteiger partial charge is 0.195 e. The molecule has 1 aromatic heterocycles. The zero-order valence-corrected chi connectivity index (χ0v) is 20.0. The van der Waals surface area contributed by atoms with Crippen LogP contribution in [0.5, 0.6) is 5.75 Å². The Kier molecular flexibility index (Phi) is 12.8. The van der Waals surface area contributed by atoms with Crippen LogP contribution in [-0.2, 0) is 11.2 Å². The Balaban J connectivity index is 0.00000392. The molecule has 2 N–H and O–H groups in total. The molecular formula is C20H31IN4O2S. The van der Waals surface area contributed by atoms with E-state index < -0.39 is 0 Å². The molecule has 0 spiro atoms. The summed E-state index contributed by atoms with van der Waals surface area (Å²) in [6.07, 6.45) is 2.81. The molecule has 0 unspecified atom stereocenters. The van der Waals surface area contributed by atoms with Crippen LogP contribution in [0.4, 0.5) is 5.69 Å². The van der Waals surface area contributed by atoms with Gasteiger partial charge in [-0.2, -0.15) is 0 Å². The van der Waals surface area contributed by atoms with Gasteiger partial charge in [0, 0.05) is 62.5 Å². The van der Waals surface area contributed by atoms with Crippen molar-refractivity contribution in [3.8, 4) is 5.75 Å². The number of nitrogens with one attached hydrogen (secondary N) is 2. The average Bonchev–Trinajstić information content (AvgIpc) is 3.08. The lowest BCUT2D eigenvalue weighted by molar-refractivity contribution is 0.172. The first-order valence-corrected chi connectivity index (χ1v) is 10.3. The van der Waals surface area contributed by atoms with Crippen LogP contribution in [0.25, 0.3) is 0 Å². The number of aromatic nitrogens is 1. The van der Waals surface area contributed by atoms with Crippen LogP contribution in [0.3, 0.4) is 0 Å². The quantitative estimate of drug-likeness (QED) is 0.199. The Hall–Kier alpha value is -1.39. The van der Waals surface area contributed by atoms with Gasteiger partial charge in [0.25, 0.3) is 0 Å². The fourth-order valence-electron chi connectivity index (χ4n) is 2.44. The maximum atomic E-state index is 5.75. The molecule has 6 nitrogen and oxygen atoms in total. The van der Waals surface area contributed by atoms with Crippen molar-refractivity contribution in [1.29, 1.82) is 0 Å². The van der Waals surface area contributed by atoms with Crippen LogP contribution >= 0.6 is 35.3 Å². The highest BCUT2D eigenvalue weighted by Crippen LogP contribution is 2.17. The molecule has 2 aromatic rings. The molecule has 0 aliphatic heterocycles. The molecule has 0 fully saturated rings. The summed E-state index contributed by atoms with van der Waals surface area (Å²) in [6.45, 7) is 6.99. The van der Waals surface area contributed by atoms with E-state index in [4.69, 9.17) is 9.47 Å². The second-order valence-electron chi connectivity index (χ2n) is 6.09. The van der Waals surface area contributed by atoms with Crippen LogP contribution in [0.1, 0.15) is 30.5 Å². The summed E-state index contributed by atoms with van der Waals surface area (Å²) in [6, 6.07) is 7.92. The third-order valence-electron chi connectivity index (χ3n) is 3.69. The highest BCUT2D eigenvalue weighted by molar-refractivity contribution is 14.0. The van der Waals surface area contributed by atoms with Gasteiger partial charge in [-0.3, -0.25) is 4.99 Å². The van der Waals surface area contributed by atoms with Crippen molar-refractivity contribution < 1.29 is 9.47 Å². The second kappa shape index (κ2) is 14.6. The summed E-state index contributed by atoms with van der Waals surface area (Å²) < 4.78 is 10.8. The van der Waals surface area contributed by atoms with Crippen molar-refractivity contribution in [3.05, 3.63) is 40.3 Å². The van der Waals surface area contributed by atoms with Gasteiger partial charge in [0.15, 0.2) is 5.96 Å². The minimum absolute atomic E-state index is 0. The fourth-order valence-corrected chi connectivity index (χ4v) is 3.26. The number of thiazole rings is 1. The van der Waals surface area contributed by atoms with Gasteiger partial charge in [0.1, 0.15) is 5.75 Å². The number of benzene rings is 1. The van der Waals surface area contributed by atoms with Crippen molar-refractivity contribution >= 4 is 47.0 Å². The van der Waals surface area contributed by atoms with Crippen molar-refractivity contribution in [2.24, 2.45) is 4.99 Å². The van der Waals surface area contributed by atoms with Gasteiger partial charge in [-0.05, 0) is 32.4 Å². The van der Waals surface area contributed by atoms with E-state index in [1.807, 2.05) is 31.2 Å². The van der Waals surface area contributed by atoms with E-state index in [0.29, 0.717) is 13.2 Å². The number of guanidine groups is 1. The first kappa shape index (κ1) is 24.6. The number of halogens is 1. The molecule has 0 bridgehead atoms. The van der Waals surface area contributed by atoms with Gasteiger partial charge in [-0.25, -0.2) is 4.98 Å². The molecule has 1 heterocycles. The van der Waals surface area contributed by atoms with Gasteiger partial charge in [0.2, 0.25) is 0 Å². The SMILES string of the molecule is CCNC(=NCCCc1nc(C)cs1)Nc1cccc(OCCCOC)c1.I. The Labute approximate surface area is 189 Å². The molecule has 0 amide bonds. The number of aliphatic imine (C=N–C) groups is 1. The highest BCUT2D eigenvalue weighted by Gasteiger charge is 2.02. The van der Waals surface area contributed by atoms with Crippen LogP contribution in [0, 0.1) is 6.92 Å². The van der Waals surface area contributed by atoms with Gasteiger partial charge in [0.05, 0.1) is 11.6 Å². The lowest BCUT2D eigenvalue weighted by atomic mass is 10.3. The van der Waals surface area contributed by atoms with Gasteiger partial charge < -0.3 is 20.1 Å². The summed E-state index contributed by atoms with van der Waals surface area (Å²) in [4.78, 5) is 9.15. The van der Waals surface area contributed by atoms with Crippen LogP contribution in [-0.4, -0.2) is 44.4 Å². The molecule has 2 rings (SSSR count). The summed E-state index contributed by atoms with van der Waals surface area (Å²) in [5, 5.41) is 9.90. The monoisotopic (exact) mass is 518 g/mol. The molecule has 0 radical (unpaired) electrons. The molecule has 0 aliphatic rings. The normalized spacial score (nSPS) is 11.0. The van der Waals surface area contributed by atoms with E-state index in [9.17, 15) is 0 Å². The number of aryl methyl sites for hydroxylation is 2. The third kappa shape index (κ3) is 9.70. The molecule has 0 aliphatic carbocycles. The minimum atomic E-state index is 0. The third-order valence-corrected chi connectivity index (χ3v) is 4.71. The van der Waals surface area contributed by atoms with E-state index in [0.717, 1.165) is 55.4 Å². The van der Waals surface area contributed by atoms with E-state index >= 15 is 0 Å². The Morgan fingerprint density at radius 3 is 2.82 bits per heavy atom. The number of nitrogens with zero attached hydrogens (tertiary/aromatic N) is 2. The second-order valence-corrected chi connectivity index (χ2v) is 7.04. The number of hydrogen-bond acceptors (Lipinski definition) is 5. The Morgan fingerprint density at radius 2 is 2.11 bits per heavy atom. The number of methoxy groups -OCH3 is 1. The summed E-state index contributed by atoms with van der Waals surface area (Å²) in [5.41, 5.74) is 2.05. The molecule has 0 atom stereocenters. The van der Waals surface area contributed by atoms with Crippen molar-refractivity contribution in [1.82, 2.24) is 10.3 Å². The van der Waals surface area contributed by atoms with Crippen LogP contribution in [0.2, 0.25) is 0 Å². The van der Waals surface area contributed by atoms with Gasteiger partial charge >= 0.3 is 0 Å². The number of rotatable bonds is 11. The van der Waals surface area contributed by atoms with E-state index in [2.05, 4.69) is 32.9 Å². The van der Waals surface area contributed by atoms with Gasteiger partial charge in [-0.1, -0.05) is 6.07 Å². The predicted molar refractivity (Wildman–Crippen MR) is 129 cm³/mol. The standard InChI is InChI=1S/C20H30N4O2S.HI/c1-4-21-20(22-11-6-10-19-23-16(2)15-27-19)24-17-8-5-9-18(14-17)26-13-7-12-25-3;/h5,8-9,14-15H,4,6-7,10-13H2,1-3H3,(H2,21,22,24);1H. The summed E-state index contributed by atoms with van der Waals surface area (Å²) in [5.74, 6) is 1.62. The largest absolute Gasteiger partial charge is 0.493 e. The molecule has 0 saturated carbocycles. The number of anilines is 1. The van der Waals surface area contributed by atoms with E-state index in [-0.39, 0.29) is 24.0 Å². The van der Waals surface area contributed by atoms with Crippen molar-refractivity contribution in [2.75, 3.05) is 38.7 Å². The topological polar surface area (TPSA) is 67.8 Å². The Bertz CT molecular complexity index is 709. The molecule has 28 heavy (non-hydrogen) atoms. The predicted octanol–water partition coefficient (Wildman–Crippen LogP) is 4.50. The summed E-state index contributed by atoms with van der Waals surface area (Å²) >= 11 is 1.72. The first-order valence-electron chi connectivity index (χ1n) is 9.39. The molecule has 8 heteroatoms. The lowest BCUT2D eigenvalue weighted by Crippen LogP contribution is -2.30. The van der Waals surface area contributed by atoms with E-state index in [1.165, 1.54) is 5.01 Å². The maximum absolute atomic E-state index is 5.75. The zero-order valence-electron chi connectivity index (χ0n) is 16.9. The summed E-state index contributed by atoms with van der Waals surface area (Å²) in [7, 11) is 1.70. The minimum Gasteiger partial charge on any atom is -0.493 e.